The molecule has 1 aromatic carbocycles. The van der Waals surface area contributed by atoms with E-state index in [1.807, 2.05) is 25.1 Å². The van der Waals surface area contributed by atoms with Gasteiger partial charge in [0, 0.05) is 11.6 Å². The number of hydrogen-bond donors (Lipinski definition) is 2. The van der Waals surface area contributed by atoms with E-state index in [1.54, 1.807) is 7.11 Å². The Morgan fingerprint density at radius 1 is 1.33 bits per heavy atom. The van der Waals surface area contributed by atoms with Crippen LogP contribution >= 0.6 is 0 Å². The predicted octanol–water partition coefficient (Wildman–Crippen LogP) is 2.67. The van der Waals surface area contributed by atoms with Gasteiger partial charge in [0.2, 0.25) is 0 Å². The molecule has 1 aromatic rings. The molecule has 1 aliphatic carbocycles. The molecule has 1 fully saturated rings. The van der Waals surface area contributed by atoms with Crippen LogP contribution in [0.1, 0.15) is 38.2 Å². The summed E-state index contributed by atoms with van der Waals surface area (Å²) >= 11 is 0. The second-order valence-electron chi connectivity index (χ2n) is 6.24. The van der Waals surface area contributed by atoms with Crippen molar-refractivity contribution in [1.29, 1.82) is 0 Å². The summed E-state index contributed by atoms with van der Waals surface area (Å²) < 4.78 is 11.1. The normalized spacial score (nSPS) is 17.3. The number of aryl methyl sites for hydroxylation is 1. The Labute approximate surface area is 127 Å². The summed E-state index contributed by atoms with van der Waals surface area (Å²) in [6, 6.07) is 6.54. The number of benzene rings is 1. The number of aliphatic hydroxyl groups excluding tert-OH is 1. The summed E-state index contributed by atoms with van der Waals surface area (Å²) in [6.07, 6.45) is 4.25. The van der Waals surface area contributed by atoms with Crippen molar-refractivity contribution in [1.82, 2.24) is 5.32 Å². The van der Waals surface area contributed by atoms with Crippen LogP contribution in [0, 0.1) is 6.92 Å². The number of hydrogen-bond acceptors (Lipinski definition) is 4. The molecule has 0 bridgehead atoms. The van der Waals surface area contributed by atoms with Crippen molar-refractivity contribution in [3.8, 4) is 11.5 Å². The molecule has 2 N–H and O–H groups in total. The zero-order chi connectivity index (χ0) is 15.3. The van der Waals surface area contributed by atoms with Crippen molar-refractivity contribution in [3.05, 3.63) is 23.8 Å². The van der Waals surface area contributed by atoms with Crippen molar-refractivity contribution in [3.63, 3.8) is 0 Å². The van der Waals surface area contributed by atoms with Crippen LogP contribution in [-0.4, -0.2) is 37.0 Å². The molecule has 0 aromatic heterocycles. The second-order valence-corrected chi connectivity index (χ2v) is 6.24. The van der Waals surface area contributed by atoms with Crippen LogP contribution in [0.5, 0.6) is 11.5 Å². The van der Waals surface area contributed by atoms with Crippen LogP contribution in [0.25, 0.3) is 0 Å². The number of rotatable bonds is 9. The Morgan fingerprint density at radius 3 is 2.71 bits per heavy atom. The molecule has 0 radical (unpaired) electrons. The standard InChI is InChI=1S/C17H27NO3/c1-13-5-8-15(16(11-13)20-3)21-10-4-9-17(2,12-19)18-14-6-7-14/h5,8,11,14,18-19H,4,6-7,9-10,12H2,1-3H3. The molecule has 118 valence electrons. The quantitative estimate of drug-likeness (QED) is 0.687. The number of methoxy groups -OCH3 is 1. The van der Waals surface area contributed by atoms with Crippen LogP contribution in [0.3, 0.4) is 0 Å². The number of ether oxygens (including phenoxy) is 2. The van der Waals surface area contributed by atoms with Crippen LogP contribution in [0.4, 0.5) is 0 Å². The monoisotopic (exact) mass is 293 g/mol. The molecule has 1 saturated carbocycles. The molecule has 0 spiro atoms. The van der Waals surface area contributed by atoms with Crippen molar-refractivity contribution in [2.75, 3.05) is 20.3 Å². The zero-order valence-electron chi connectivity index (χ0n) is 13.3. The van der Waals surface area contributed by atoms with E-state index < -0.39 is 0 Å². The van der Waals surface area contributed by atoms with Crippen molar-refractivity contribution >= 4 is 0 Å². The van der Waals surface area contributed by atoms with Gasteiger partial charge >= 0.3 is 0 Å². The molecule has 0 amide bonds. The summed E-state index contributed by atoms with van der Waals surface area (Å²) in [6.45, 7) is 4.90. The number of nitrogens with one attached hydrogen (secondary N) is 1. The molecule has 4 heteroatoms. The minimum atomic E-state index is -0.193. The molecule has 0 heterocycles. The Balaban J connectivity index is 1.78. The summed E-state index contributed by atoms with van der Waals surface area (Å²) in [4.78, 5) is 0. The molecule has 0 saturated heterocycles. The third-order valence-electron chi connectivity index (χ3n) is 3.93. The first-order valence-corrected chi connectivity index (χ1v) is 7.72. The van der Waals surface area contributed by atoms with Gasteiger partial charge in [-0.1, -0.05) is 6.07 Å². The van der Waals surface area contributed by atoms with Crippen LogP contribution in [0.15, 0.2) is 18.2 Å². The largest absolute Gasteiger partial charge is 0.493 e. The Bertz CT molecular complexity index is 459. The highest BCUT2D eigenvalue weighted by atomic mass is 16.5. The van der Waals surface area contributed by atoms with Gasteiger partial charge in [-0.3, -0.25) is 0 Å². The maximum atomic E-state index is 9.57. The second kappa shape index (κ2) is 7.14. The van der Waals surface area contributed by atoms with Gasteiger partial charge in [-0.25, -0.2) is 0 Å². The lowest BCUT2D eigenvalue weighted by Gasteiger charge is -2.29. The minimum Gasteiger partial charge on any atom is -0.493 e. The molecular weight excluding hydrogens is 266 g/mol. The molecule has 21 heavy (non-hydrogen) atoms. The molecular formula is C17H27NO3. The first-order valence-electron chi connectivity index (χ1n) is 7.72. The minimum absolute atomic E-state index is 0.164. The average Bonchev–Trinajstić information content (AvgIpc) is 3.28. The fraction of sp³-hybridized carbons (Fsp3) is 0.647. The van der Waals surface area contributed by atoms with E-state index in [2.05, 4.69) is 12.2 Å². The third kappa shape index (κ3) is 4.90. The van der Waals surface area contributed by atoms with Gasteiger partial charge in [0.05, 0.1) is 20.3 Å². The van der Waals surface area contributed by atoms with Crippen molar-refractivity contribution < 1.29 is 14.6 Å². The van der Waals surface area contributed by atoms with Gasteiger partial charge < -0.3 is 19.9 Å². The predicted molar refractivity (Wildman–Crippen MR) is 84.1 cm³/mol. The molecule has 1 atom stereocenters. The van der Waals surface area contributed by atoms with Crippen LogP contribution in [-0.2, 0) is 0 Å². The maximum absolute atomic E-state index is 9.57. The highest BCUT2D eigenvalue weighted by Crippen LogP contribution is 2.28. The highest BCUT2D eigenvalue weighted by molar-refractivity contribution is 5.42. The fourth-order valence-corrected chi connectivity index (χ4v) is 2.46. The first-order chi connectivity index (χ1) is 10.1. The maximum Gasteiger partial charge on any atom is 0.161 e. The van der Waals surface area contributed by atoms with E-state index in [4.69, 9.17) is 9.47 Å². The van der Waals surface area contributed by atoms with E-state index in [1.165, 1.54) is 12.8 Å². The lowest BCUT2D eigenvalue weighted by molar-refractivity contribution is 0.153. The molecule has 0 aliphatic heterocycles. The molecule has 2 rings (SSSR count). The topological polar surface area (TPSA) is 50.7 Å². The first kappa shape index (κ1) is 16.1. The zero-order valence-corrected chi connectivity index (χ0v) is 13.3. The summed E-state index contributed by atoms with van der Waals surface area (Å²) in [5.41, 5.74) is 0.961. The lowest BCUT2D eigenvalue weighted by Crippen LogP contribution is -2.47. The van der Waals surface area contributed by atoms with Crippen LogP contribution in [0.2, 0.25) is 0 Å². The van der Waals surface area contributed by atoms with E-state index in [-0.39, 0.29) is 12.1 Å². The number of aliphatic hydroxyl groups is 1. The molecule has 1 unspecified atom stereocenters. The van der Waals surface area contributed by atoms with Gasteiger partial charge in [-0.15, -0.1) is 0 Å². The molecule has 1 aliphatic rings. The summed E-state index contributed by atoms with van der Waals surface area (Å²) in [5.74, 6) is 1.56. The Morgan fingerprint density at radius 2 is 2.10 bits per heavy atom. The Hall–Kier alpha value is -1.26. The van der Waals surface area contributed by atoms with Crippen molar-refractivity contribution in [2.24, 2.45) is 0 Å². The van der Waals surface area contributed by atoms with E-state index >= 15 is 0 Å². The summed E-state index contributed by atoms with van der Waals surface area (Å²) in [5, 5.41) is 13.1. The van der Waals surface area contributed by atoms with E-state index in [9.17, 15) is 5.11 Å². The van der Waals surface area contributed by atoms with Gasteiger partial charge in [0.15, 0.2) is 11.5 Å². The third-order valence-corrected chi connectivity index (χ3v) is 3.93. The SMILES string of the molecule is COc1cc(C)ccc1OCCCC(C)(CO)NC1CC1. The van der Waals surface area contributed by atoms with Gasteiger partial charge in [-0.05, 0) is 57.2 Å². The smallest absolute Gasteiger partial charge is 0.161 e. The Kier molecular flexibility index (Phi) is 5.48. The van der Waals surface area contributed by atoms with E-state index in [0.29, 0.717) is 12.6 Å². The fourth-order valence-electron chi connectivity index (χ4n) is 2.46. The average molecular weight is 293 g/mol. The van der Waals surface area contributed by atoms with Gasteiger partial charge in [0.25, 0.3) is 0 Å². The van der Waals surface area contributed by atoms with Gasteiger partial charge in [0.1, 0.15) is 0 Å². The van der Waals surface area contributed by atoms with Crippen LogP contribution < -0.4 is 14.8 Å². The van der Waals surface area contributed by atoms with Gasteiger partial charge in [-0.2, -0.15) is 0 Å². The van der Waals surface area contributed by atoms with Crippen molar-refractivity contribution in [2.45, 2.75) is 51.1 Å². The summed E-state index contributed by atoms with van der Waals surface area (Å²) in [7, 11) is 1.66. The highest BCUT2D eigenvalue weighted by Gasteiger charge is 2.31. The molecule has 4 nitrogen and oxygen atoms in total. The van der Waals surface area contributed by atoms with E-state index in [0.717, 1.165) is 29.9 Å². The lowest BCUT2D eigenvalue weighted by atomic mass is 9.97.